The van der Waals surface area contributed by atoms with Gasteiger partial charge in [-0.1, -0.05) is 11.6 Å². The Kier molecular flexibility index (Phi) is 4.01. The van der Waals surface area contributed by atoms with Gasteiger partial charge in [-0.3, -0.25) is 9.69 Å². The SMILES string of the molecule is CC1c2[nH]c3ccc(Cl)cc3c2CCN1CC(=O)Nc1cn(C)cn1. The fraction of sp³-hybridized carbons (Fsp3) is 0.333. The maximum absolute atomic E-state index is 12.3. The highest BCUT2D eigenvalue weighted by atomic mass is 35.5. The van der Waals surface area contributed by atoms with E-state index in [1.165, 1.54) is 16.6 Å². The lowest BCUT2D eigenvalue weighted by molar-refractivity contribution is -0.118. The molecule has 130 valence electrons. The number of hydrogen-bond acceptors (Lipinski definition) is 3. The summed E-state index contributed by atoms with van der Waals surface area (Å²) >= 11 is 6.15. The molecule has 1 atom stereocenters. The topological polar surface area (TPSA) is 66.0 Å². The molecule has 0 fully saturated rings. The first-order valence-electron chi connectivity index (χ1n) is 8.33. The minimum absolute atomic E-state index is 0.0480. The Balaban J connectivity index is 1.52. The molecule has 2 N–H and O–H groups in total. The minimum Gasteiger partial charge on any atom is -0.357 e. The number of fused-ring (bicyclic) bond motifs is 3. The summed E-state index contributed by atoms with van der Waals surface area (Å²) in [6.07, 6.45) is 4.36. The molecule has 1 unspecified atom stereocenters. The Morgan fingerprint density at radius 2 is 2.32 bits per heavy atom. The number of carbonyl (C=O) groups excluding carboxylic acids is 1. The summed E-state index contributed by atoms with van der Waals surface area (Å²) in [5.74, 6) is 0.534. The van der Waals surface area contributed by atoms with Crippen LogP contribution < -0.4 is 5.32 Å². The average Bonchev–Trinajstić information content (AvgIpc) is 3.14. The second-order valence-electron chi connectivity index (χ2n) is 6.58. The zero-order chi connectivity index (χ0) is 17.6. The Bertz CT molecular complexity index is 944. The van der Waals surface area contributed by atoms with Gasteiger partial charge < -0.3 is 14.9 Å². The van der Waals surface area contributed by atoms with Crippen LogP contribution in [0, 0.1) is 0 Å². The van der Waals surface area contributed by atoms with Crippen LogP contribution in [0.5, 0.6) is 0 Å². The maximum Gasteiger partial charge on any atom is 0.239 e. The second-order valence-corrected chi connectivity index (χ2v) is 7.01. The molecule has 0 spiro atoms. The van der Waals surface area contributed by atoms with E-state index in [0.29, 0.717) is 12.4 Å². The number of aromatic amines is 1. The van der Waals surface area contributed by atoms with Gasteiger partial charge in [0.15, 0.2) is 5.82 Å². The Hall–Kier alpha value is -2.31. The van der Waals surface area contributed by atoms with Gasteiger partial charge in [0.25, 0.3) is 0 Å². The first kappa shape index (κ1) is 16.2. The molecule has 25 heavy (non-hydrogen) atoms. The quantitative estimate of drug-likeness (QED) is 0.757. The van der Waals surface area contributed by atoms with Gasteiger partial charge in [-0.25, -0.2) is 4.98 Å². The molecule has 1 aliphatic heterocycles. The summed E-state index contributed by atoms with van der Waals surface area (Å²) in [4.78, 5) is 22.1. The zero-order valence-electron chi connectivity index (χ0n) is 14.2. The predicted molar refractivity (Wildman–Crippen MR) is 98.8 cm³/mol. The van der Waals surface area contributed by atoms with E-state index in [0.717, 1.165) is 23.5 Å². The average molecular weight is 358 g/mol. The fourth-order valence-electron chi connectivity index (χ4n) is 3.56. The van der Waals surface area contributed by atoms with Crippen molar-refractivity contribution in [1.29, 1.82) is 0 Å². The molecule has 3 heterocycles. The standard InChI is InChI=1S/C18H20ClN5O/c1-11-18-13(14-7-12(19)3-4-15(14)21-18)5-6-24(11)9-17(25)22-16-8-23(2)10-20-16/h3-4,7-8,10-11,21H,5-6,9H2,1-2H3,(H,22,25). The van der Waals surface area contributed by atoms with E-state index >= 15 is 0 Å². The van der Waals surface area contributed by atoms with Crippen molar-refractivity contribution >= 4 is 34.2 Å². The van der Waals surface area contributed by atoms with Crippen LogP contribution in [0.4, 0.5) is 5.82 Å². The zero-order valence-corrected chi connectivity index (χ0v) is 15.0. The van der Waals surface area contributed by atoms with E-state index in [2.05, 4.69) is 27.1 Å². The number of benzene rings is 1. The van der Waals surface area contributed by atoms with Crippen LogP contribution >= 0.6 is 11.6 Å². The highest BCUT2D eigenvalue weighted by molar-refractivity contribution is 6.31. The van der Waals surface area contributed by atoms with Crippen LogP contribution in [0.3, 0.4) is 0 Å². The molecule has 0 bridgehead atoms. The molecule has 1 aromatic carbocycles. The fourth-order valence-corrected chi connectivity index (χ4v) is 3.73. The molecule has 0 radical (unpaired) electrons. The number of amides is 1. The van der Waals surface area contributed by atoms with E-state index in [1.807, 2.05) is 25.2 Å². The monoisotopic (exact) mass is 357 g/mol. The number of aryl methyl sites for hydroxylation is 1. The van der Waals surface area contributed by atoms with Crippen LogP contribution in [0.1, 0.15) is 24.2 Å². The predicted octanol–water partition coefficient (Wildman–Crippen LogP) is 3.11. The molecule has 0 aliphatic carbocycles. The van der Waals surface area contributed by atoms with E-state index in [4.69, 9.17) is 11.6 Å². The van der Waals surface area contributed by atoms with Gasteiger partial charge in [-0.2, -0.15) is 0 Å². The number of nitrogens with zero attached hydrogens (tertiary/aromatic N) is 3. The van der Waals surface area contributed by atoms with Gasteiger partial charge in [-0.05, 0) is 37.1 Å². The summed E-state index contributed by atoms with van der Waals surface area (Å²) in [5.41, 5.74) is 3.58. The highest BCUT2D eigenvalue weighted by Gasteiger charge is 2.28. The third-order valence-corrected chi connectivity index (χ3v) is 5.07. The van der Waals surface area contributed by atoms with Crippen LogP contribution in [-0.2, 0) is 18.3 Å². The van der Waals surface area contributed by atoms with E-state index in [9.17, 15) is 4.79 Å². The minimum atomic E-state index is -0.0480. The highest BCUT2D eigenvalue weighted by Crippen LogP contribution is 2.35. The lowest BCUT2D eigenvalue weighted by Crippen LogP contribution is -2.39. The van der Waals surface area contributed by atoms with Gasteiger partial charge in [0.2, 0.25) is 5.91 Å². The lowest BCUT2D eigenvalue weighted by Gasteiger charge is -2.32. The summed E-state index contributed by atoms with van der Waals surface area (Å²) in [7, 11) is 1.87. The first-order chi connectivity index (χ1) is 12.0. The van der Waals surface area contributed by atoms with Crippen molar-refractivity contribution in [2.75, 3.05) is 18.4 Å². The van der Waals surface area contributed by atoms with Crippen molar-refractivity contribution in [3.63, 3.8) is 0 Å². The summed E-state index contributed by atoms with van der Waals surface area (Å²) in [5, 5.41) is 4.78. The molecule has 2 aromatic heterocycles. The Morgan fingerprint density at radius 1 is 1.48 bits per heavy atom. The largest absolute Gasteiger partial charge is 0.357 e. The van der Waals surface area contributed by atoms with Gasteiger partial charge in [0.1, 0.15) is 0 Å². The molecule has 6 nitrogen and oxygen atoms in total. The molecule has 0 saturated carbocycles. The van der Waals surface area contributed by atoms with Crippen molar-refractivity contribution in [1.82, 2.24) is 19.4 Å². The molecule has 4 rings (SSSR count). The number of H-pyrrole nitrogens is 1. The second kappa shape index (κ2) is 6.20. The van der Waals surface area contributed by atoms with E-state index in [-0.39, 0.29) is 11.9 Å². The van der Waals surface area contributed by atoms with Gasteiger partial charge >= 0.3 is 0 Å². The number of imidazole rings is 1. The summed E-state index contributed by atoms with van der Waals surface area (Å²) < 4.78 is 1.81. The third kappa shape index (κ3) is 3.03. The Labute approximate surface area is 150 Å². The van der Waals surface area contributed by atoms with E-state index < -0.39 is 0 Å². The van der Waals surface area contributed by atoms with Crippen LogP contribution in [0.2, 0.25) is 5.02 Å². The van der Waals surface area contributed by atoms with Crippen molar-refractivity contribution < 1.29 is 4.79 Å². The van der Waals surface area contributed by atoms with E-state index in [1.54, 1.807) is 17.1 Å². The number of aromatic nitrogens is 3. The molecule has 0 saturated heterocycles. The van der Waals surface area contributed by atoms with Crippen molar-refractivity contribution in [3.8, 4) is 0 Å². The number of nitrogens with one attached hydrogen (secondary N) is 2. The normalized spacial score (nSPS) is 17.6. The van der Waals surface area contributed by atoms with Gasteiger partial charge in [0.05, 0.1) is 12.9 Å². The van der Waals surface area contributed by atoms with Crippen LogP contribution in [0.15, 0.2) is 30.7 Å². The lowest BCUT2D eigenvalue weighted by atomic mass is 9.98. The molecular formula is C18H20ClN5O. The summed E-state index contributed by atoms with van der Waals surface area (Å²) in [6.45, 7) is 3.31. The molecule has 3 aromatic rings. The number of rotatable bonds is 3. The number of anilines is 1. The molecule has 1 aliphatic rings. The number of halogens is 1. The van der Waals surface area contributed by atoms with Crippen molar-refractivity contribution in [3.05, 3.63) is 47.0 Å². The molecule has 7 heteroatoms. The van der Waals surface area contributed by atoms with Gasteiger partial charge in [-0.15, -0.1) is 0 Å². The van der Waals surface area contributed by atoms with Crippen LogP contribution in [-0.4, -0.2) is 38.4 Å². The van der Waals surface area contributed by atoms with Gasteiger partial charge in [0, 0.05) is 47.5 Å². The molecular weight excluding hydrogens is 338 g/mol. The Morgan fingerprint density at radius 3 is 3.08 bits per heavy atom. The third-order valence-electron chi connectivity index (χ3n) is 4.83. The van der Waals surface area contributed by atoms with Crippen molar-refractivity contribution in [2.24, 2.45) is 7.05 Å². The maximum atomic E-state index is 12.3. The molecule has 1 amide bonds. The van der Waals surface area contributed by atoms with Crippen LogP contribution in [0.25, 0.3) is 10.9 Å². The number of hydrogen-bond donors (Lipinski definition) is 2. The smallest absolute Gasteiger partial charge is 0.239 e. The summed E-state index contributed by atoms with van der Waals surface area (Å²) in [6, 6.07) is 6.07. The van der Waals surface area contributed by atoms with Crippen molar-refractivity contribution in [2.45, 2.75) is 19.4 Å². The number of carbonyl (C=O) groups is 1. The first-order valence-corrected chi connectivity index (χ1v) is 8.71.